The second-order valence-corrected chi connectivity index (χ2v) is 6.19. The summed E-state index contributed by atoms with van der Waals surface area (Å²) in [7, 11) is 0. The van der Waals surface area contributed by atoms with E-state index in [0.29, 0.717) is 31.3 Å². The molecule has 6 heteroatoms. The molecule has 3 rings (SSSR count). The second-order valence-electron chi connectivity index (χ2n) is 5.75. The van der Waals surface area contributed by atoms with E-state index in [0.717, 1.165) is 16.6 Å². The number of aromatic nitrogens is 1. The molecule has 0 bridgehead atoms. The Labute approximate surface area is 146 Å². The molecule has 0 spiro atoms. The fourth-order valence-corrected chi connectivity index (χ4v) is 2.82. The molecular weight excluding hydrogens is 326 g/mol. The van der Waals surface area contributed by atoms with Gasteiger partial charge in [-0.3, -0.25) is 9.78 Å². The summed E-state index contributed by atoms with van der Waals surface area (Å²) in [5.74, 6) is 0.0262. The van der Waals surface area contributed by atoms with E-state index in [1.165, 1.54) is 0 Å². The van der Waals surface area contributed by atoms with Crippen molar-refractivity contribution in [3.05, 3.63) is 47.6 Å². The first kappa shape index (κ1) is 16.7. The van der Waals surface area contributed by atoms with Crippen molar-refractivity contribution < 1.29 is 9.53 Å². The first-order valence-electron chi connectivity index (χ1n) is 7.99. The molecule has 5 nitrogen and oxygen atoms in total. The van der Waals surface area contributed by atoms with Gasteiger partial charge in [0.25, 0.3) is 0 Å². The number of carbonyl (C=O) groups excluding carboxylic acids is 1. The number of rotatable bonds is 4. The van der Waals surface area contributed by atoms with Crippen LogP contribution in [0.15, 0.2) is 42.6 Å². The smallest absolute Gasteiger partial charge is 0.246 e. The number of pyridine rings is 1. The Hall–Kier alpha value is -2.11. The Balaban J connectivity index is 1.67. The molecule has 1 aromatic carbocycles. The van der Waals surface area contributed by atoms with E-state index >= 15 is 0 Å². The van der Waals surface area contributed by atoms with E-state index in [2.05, 4.69) is 10.3 Å². The van der Waals surface area contributed by atoms with Crippen LogP contribution in [0.1, 0.15) is 6.92 Å². The van der Waals surface area contributed by atoms with Crippen LogP contribution >= 0.6 is 11.6 Å². The van der Waals surface area contributed by atoms with Crippen molar-refractivity contribution in [2.24, 2.45) is 0 Å². The zero-order valence-electron chi connectivity index (χ0n) is 13.5. The van der Waals surface area contributed by atoms with Crippen LogP contribution in [0.4, 0.5) is 5.69 Å². The lowest BCUT2D eigenvalue weighted by molar-refractivity contribution is -0.129. The summed E-state index contributed by atoms with van der Waals surface area (Å²) < 4.78 is 5.26. The van der Waals surface area contributed by atoms with Crippen molar-refractivity contribution in [1.29, 1.82) is 0 Å². The molecule has 0 unspecified atom stereocenters. The van der Waals surface area contributed by atoms with Crippen molar-refractivity contribution >= 4 is 34.1 Å². The number of nitrogens with one attached hydrogen (secondary N) is 1. The van der Waals surface area contributed by atoms with Gasteiger partial charge in [-0.05, 0) is 31.2 Å². The molecule has 126 valence electrons. The van der Waals surface area contributed by atoms with Gasteiger partial charge < -0.3 is 15.0 Å². The number of morpholine rings is 1. The minimum absolute atomic E-state index is 0.0104. The highest BCUT2D eigenvalue weighted by molar-refractivity contribution is 6.31. The normalized spacial score (nSPS) is 16.5. The molecule has 2 aromatic rings. The lowest BCUT2D eigenvalue weighted by Crippen LogP contribution is -2.39. The molecule has 0 saturated carbocycles. The number of carbonyl (C=O) groups is 1. The Morgan fingerprint density at radius 3 is 2.96 bits per heavy atom. The van der Waals surface area contributed by atoms with Gasteiger partial charge in [0.1, 0.15) is 0 Å². The quantitative estimate of drug-likeness (QED) is 0.865. The Morgan fingerprint density at radius 1 is 1.38 bits per heavy atom. The van der Waals surface area contributed by atoms with Crippen LogP contribution in [-0.2, 0) is 9.53 Å². The molecule has 1 atom stereocenters. The zero-order chi connectivity index (χ0) is 16.9. The standard InChI is InChI=1S/C18H20ClN3O2/c1-13(2-5-18(23)22-8-10-24-11-9-22)21-16-6-7-20-17-12-14(19)3-4-15(16)17/h2-7,12-13H,8-11H2,1H3,(H,20,21)/b5-2+/t13-/m0/s1. The van der Waals surface area contributed by atoms with E-state index in [4.69, 9.17) is 16.3 Å². The molecule has 1 N–H and O–H groups in total. The maximum atomic E-state index is 12.1. The number of hydrogen-bond donors (Lipinski definition) is 1. The van der Waals surface area contributed by atoms with E-state index < -0.39 is 0 Å². The summed E-state index contributed by atoms with van der Waals surface area (Å²) in [6.45, 7) is 4.53. The summed E-state index contributed by atoms with van der Waals surface area (Å²) >= 11 is 6.01. The largest absolute Gasteiger partial charge is 0.379 e. The summed E-state index contributed by atoms with van der Waals surface area (Å²) in [4.78, 5) is 18.3. The van der Waals surface area contributed by atoms with Crippen LogP contribution in [0.3, 0.4) is 0 Å². The van der Waals surface area contributed by atoms with Gasteiger partial charge in [0, 0.05) is 47.5 Å². The number of amides is 1. The average Bonchev–Trinajstić information content (AvgIpc) is 2.60. The molecule has 2 heterocycles. The fraction of sp³-hybridized carbons (Fsp3) is 0.333. The number of nitrogens with zero attached hydrogens (tertiary/aromatic N) is 2. The maximum Gasteiger partial charge on any atom is 0.246 e. The molecule has 1 saturated heterocycles. The van der Waals surface area contributed by atoms with Gasteiger partial charge >= 0.3 is 0 Å². The predicted octanol–water partition coefficient (Wildman–Crippen LogP) is 3.10. The van der Waals surface area contributed by atoms with Gasteiger partial charge in [0.2, 0.25) is 5.91 Å². The fourth-order valence-electron chi connectivity index (χ4n) is 2.66. The molecule has 0 radical (unpaired) electrons. The summed E-state index contributed by atoms with van der Waals surface area (Å²) in [6, 6.07) is 7.56. The van der Waals surface area contributed by atoms with Gasteiger partial charge in [-0.1, -0.05) is 17.7 Å². The van der Waals surface area contributed by atoms with Gasteiger partial charge in [0.15, 0.2) is 0 Å². The highest BCUT2D eigenvalue weighted by Crippen LogP contribution is 2.24. The Bertz CT molecular complexity index is 757. The Morgan fingerprint density at radius 2 is 2.17 bits per heavy atom. The van der Waals surface area contributed by atoms with Crippen molar-refractivity contribution in [1.82, 2.24) is 9.88 Å². The van der Waals surface area contributed by atoms with Gasteiger partial charge in [-0.25, -0.2) is 0 Å². The van der Waals surface area contributed by atoms with Crippen LogP contribution in [0, 0.1) is 0 Å². The summed E-state index contributed by atoms with van der Waals surface area (Å²) in [5.41, 5.74) is 1.81. The van der Waals surface area contributed by atoms with E-state index in [1.54, 1.807) is 17.2 Å². The Kier molecular flexibility index (Phi) is 5.33. The molecule has 1 amide bonds. The number of fused-ring (bicyclic) bond motifs is 1. The molecular formula is C18H20ClN3O2. The lowest BCUT2D eigenvalue weighted by atomic mass is 10.1. The van der Waals surface area contributed by atoms with Crippen molar-refractivity contribution in [3.63, 3.8) is 0 Å². The van der Waals surface area contributed by atoms with E-state index in [9.17, 15) is 4.79 Å². The number of halogens is 1. The first-order valence-corrected chi connectivity index (χ1v) is 8.37. The van der Waals surface area contributed by atoms with Gasteiger partial charge in [0.05, 0.1) is 18.7 Å². The van der Waals surface area contributed by atoms with Gasteiger partial charge in [-0.2, -0.15) is 0 Å². The summed E-state index contributed by atoms with van der Waals surface area (Å²) in [5, 5.41) is 5.06. The van der Waals surface area contributed by atoms with E-state index in [1.807, 2.05) is 37.3 Å². The van der Waals surface area contributed by atoms with Gasteiger partial charge in [-0.15, -0.1) is 0 Å². The van der Waals surface area contributed by atoms with Crippen molar-refractivity contribution in [3.8, 4) is 0 Å². The molecule has 1 aliphatic rings. The third-order valence-electron chi connectivity index (χ3n) is 3.94. The number of benzene rings is 1. The SMILES string of the molecule is C[C@@H](/C=C/C(=O)N1CCOCC1)Nc1ccnc2cc(Cl)ccc12. The van der Waals surface area contributed by atoms with E-state index in [-0.39, 0.29) is 11.9 Å². The van der Waals surface area contributed by atoms with Crippen LogP contribution in [0.2, 0.25) is 5.02 Å². The third kappa shape index (κ3) is 4.04. The topological polar surface area (TPSA) is 54.5 Å². The maximum absolute atomic E-state index is 12.1. The molecule has 0 aliphatic carbocycles. The molecule has 1 fully saturated rings. The average molecular weight is 346 g/mol. The minimum Gasteiger partial charge on any atom is -0.379 e. The number of ether oxygens (including phenoxy) is 1. The third-order valence-corrected chi connectivity index (χ3v) is 4.17. The number of hydrogen-bond acceptors (Lipinski definition) is 4. The molecule has 1 aliphatic heterocycles. The zero-order valence-corrected chi connectivity index (χ0v) is 14.3. The monoisotopic (exact) mass is 345 g/mol. The van der Waals surface area contributed by atoms with Crippen LogP contribution in [0.5, 0.6) is 0 Å². The van der Waals surface area contributed by atoms with Crippen molar-refractivity contribution in [2.45, 2.75) is 13.0 Å². The molecule has 1 aromatic heterocycles. The van der Waals surface area contributed by atoms with Crippen molar-refractivity contribution in [2.75, 3.05) is 31.6 Å². The minimum atomic E-state index is 0.0104. The van der Waals surface area contributed by atoms with Crippen LogP contribution in [-0.4, -0.2) is 48.1 Å². The first-order chi connectivity index (χ1) is 11.6. The van der Waals surface area contributed by atoms with Crippen LogP contribution in [0.25, 0.3) is 10.9 Å². The number of anilines is 1. The predicted molar refractivity (Wildman–Crippen MR) is 96.4 cm³/mol. The second kappa shape index (κ2) is 7.64. The molecule has 24 heavy (non-hydrogen) atoms. The highest BCUT2D eigenvalue weighted by Gasteiger charge is 2.14. The summed E-state index contributed by atoms with van der Waals surface area (Å²) in [6.07, 6.45) is 5.25. The lowest BCUT2D eigenvalue weighted by Gasteiger charge is -2.25. The van der Waals surface area contributed by atoms with Crippen LogP contribution < -0.4 is 5.32 Å². The highest BCUT2D eigenvalue weighted by atomic mass is 35.5.